The lowest BCUT2D eigenvalue weighted by atomic mass is 10.0. The first-order valence-electron chi connectivity index (χ1n) is 8.07. The Labute approximate surface area is 137 Å². The molecule has 1 unspecified atom stereocenters. The molecule has 1 N–H and O–H groups in total. The highest BCUT2D eigenvalue weighted by atomic mass is 16.5. The van der Waals surface area contributed by atoms with Gasteiger partial charge in [0.15, 0.2) is 0 Å². The standard InChI is InChI=1S/C18H25N3O2/c1-4-23-16-7-5-6-15(11-16)12-20-18(22)17(10-14(2)3)21-9-8-19-13-21/h5-9,11,13-14,17H,4,10,12H2,1-3H3,(H,20,22). The first-order chi connectivity index (χ1) is 11.1. The minimum Gasteiger partial charge on any atom is -0.494 e. The van der Waals surface area contributed by atoms with Crippen LogP contribution in [0.4, 0.5) is 0 Å². The second-order valence-electron chi connectivity index (χ2n) is 5.95. The molecule has 1 aromatic heterocycles. The van der Waals surface area contributed by atoms with Gasteiger partial charge in [-0.3, -0.25) is 4.79 Å². The number of carbonyl (C=O) groups is 1. The van der Waals surface area contributed by atoms with Crippen molar-refractivity contribution in [2.75, 3.05) is 6.61 Å². The van der Waals surface area contributed by atoms with Gasteiger partial charge in [0.1, 0.15) is 11.8 Å². The van der Waals surface area contributed by atoms with Gasteiger partial charge in [-0.2, -0.15) is 0 Å². The molecule has 5 nitrogen and oxygen atoms in total. The average molecular weight is 315 g/mol. The summed E-state index contributed by atoms with van der Waals surface area (Å²) >= 11 is 0. The number of amides is 1. The normalized spacial score (nSPS) is 12.2. The van der Waals surface area contributed by atoms with Crippen LogP contribution in [-0.2, 0) is 11.3 Å². The molecule has 0 aliphatic rings. The van der Waals surface area contributed by atoms with E-state index in [2.05, 4.69) is 24.1 Å². The molecule has 23 heavy (non-hydrogen) atoms. The van der Waals surface area contributed by atoms with Gasteiger partial charge in [-0.1, -0.05) is 26.0 Å². The van der Waals surface area contributed by atoms with Crippen LogP contribution in [0.3, 0.4) is 0 Å². The number of rotatable bonds is 8. The number of ether oxygens (including phenoxy) is 1. The van der Waals surface area contributed by atoms with Crippen molar-refractivity contribution < 1.29 is 9.53 Å². The Hall–Kier alpha value is -2.30. The topological polar surface area (TPSA) is 56.1 Å². The number of nitrogens with one attached hydrogen (secondary N) is 1. The first kappa shape index (κ1) is 17.1. The zero-order chi connectivity index (χ0) is 16.7. The van der Waals surface area contributed by atoms with Crippen LogP contribution < -0.4 is 10.1 Å². The van der Waals surface area contributed by atoms with E-state index in [0.29, 0.717) is 19.1 Å². The molecule has 0 radical (unpaired) electrons. The van der Waals surface area contributed by atoms with Gasteiger partial charge in [-0.15, -0.1) is 0 Å². The maximum Gasteiger partial charge on any atom is 0.243 e. The molecule has 0 bridgehead atoms. The lowest BCUT2D eigenvalue weighted by molar-refractivity contribution is -0.125. The number of hydrogen-bond acceptors (Lipinski definition) is 3. The van der Waals surface area contributed by atoms with Crippen LogP contribution in [0.25, 0.3) is 0 Å². The summed E-state index contributed by atoms with van der Waals surface area (Å²) in [5.41, 5.74) is 1.03. The predicted molar refractivity (Wildman–Crippen MR) is 90.2 cm³/mol. The number of hydrogen-bond donors (Lipinski definition) is 1. The van der Waals surface area contributed by atoms with E-state index in [0.717, 1.165) is 17.7 Å². The van der Waals surface area contributed by atoms with E-state index in [-0.39, 0.29) is 11.9 Å². The SMILES string of the molecule is CCOc1cccc(CNC(=O)C(CC(C)C)n2ccnc2)c1. The number of imidazole rings is 1. The van der Waals surface area contributed by atoms with Crippen molar-refractivity contribution in [2.24, 2.45) is 5.92 Å². The van der Waals surface area contributed by atoms with E-state index in [1.165, 1.54) is 0 Å². The van der Waals surface area contributed by atoms with Gasteiger partial charge < -0.3 is 14.6 Å². The largest absolute Gasteiger partial charge is 0.494 e. The van der Waals surface area contributed by atoms with Gasteiger partial charge in [0, 0.05) is 18.9 Å². The molecule has 0 saturated heterocycles. The summed E-state index contributed by atoms with van der Waals surface area (Å²) in [7, 11) is 0. The van der Waals surface area contributed by atoms with E-state index in [1.807, 2.05) is 42.0 Å². The third-order valence-electron chi connectivity index (χ3n) is 3.56. The molecular formula is C18H25N3O2. The summed E-state index contributed by atoms with van der Waals surface area (Å²) in [6.07, 6.45) is 6.01. The molecule has 5 heteroatoms. The molecule has 0 saturated carbocycles. The monoisotopic (exact) mass is 315 g/mol. The number of nitrogens with zero attached hydrogens (tertiary/aromatic N) is 2. The third-order valence-corrected chi connectivity index (χ3v) is 3.56. The molecule has 2 aromatic rings. The zero-order valence-electron chi connectivity index (χ0n) is 14.0. The van der Waals surface area contributed by atoms with Crippen LogP contribution in [0.1, 0.15) is 38.8 Å². The van der Waals surface area contributed by atoms with Crippen LogP contribution in [0.2, 0.25) is 0 Å². The van der Waals surface area contributed by atoms with Crippen LogP contribution in [-0.4, -0.2) is 22.1 Å². The second-order valence-corrected chi connectivity index (χ2v) is 5.95. The second kappa shape index (κ2) is 8.36. The van der Waals surface area contributed by atoms with Gasteiger partial charge in [0.2, 0.25) is 5.91 Å². The van der Waals surface area contributed by atoms with Crippen LogP contribution >= 0.6 is 0 Å². The quantitative estimate of drug-likeness (QED) is 0.814. The Morgan fingerprint density at radius 2 is 2.22 bits per heavy atom. The number of carbonyl (C=O) groups excluding carboxylic acids is 1. The Balaban J connectivity index is 2.00. The summed E-state index contributed by atoms with van der Waals surface area (Å²) in [4.78, 5) is 16.6. The summed E-state index contributed by atoms with van der Waals surface area (Å²) < 4.78 is 7.35. The molecule has 124 valence electrons. The summed E-state index contributed by atoms with van der Waals surface area (Å²) in [6.45, 7) is 7.30. The van der Waals surface area contributed by atoms with Gasteiger partial charge in [0.05, 0.1) is 12.9 Å². The number of benzene rings is 1. The highest BCUT2D eigenvalue weighted by molar-refractivity contribution is 5.80. The fourth-order valence-electron chi connectivity index (χ4n) is 2.48. The van der Waals surface area contributed by atoms with E-state index < -0.39 is 0 Å². The van der Waals surface area contributed by atoms with Crippen molar-refractivity contribution in [3.05, 3.63) is 48.5 Å². The fourth-order valence-corrected chi connectivity index (χ4v) is 2.48. The van der Waals surface area contributed by atoms with Gasteiger partial charge >= 0.3 is 0 Å². The van der Waals surface area contributed by atoms with E-state index in [9.17, 15) is 4.79 Å². The molecule has 0 fully saturated rings. The highest BCUT2D eigenvalue weighted by Crippen LogP contribution is 2.18. The predicted octanol–water partition coefficient (Wildman–Crippen LogP) is 3.19. The van der Waals surface area contributed by atoms with Gasteiger partial charge in [0.25, 0.3) is 0 Å². The van der Waals surface area contributed by atoms with Crippen molar-refractivity contribution in [2.45, 2.75) is 39.8 Å². The molecule has 0 spiro atoms. The molecule has 1 amide bonds. The van der Waals surface area contributed by atoms with E-state index in [4.69, 9.17) is 4.74 Å². The van der Waals surface area contributed by atoms with Crippen LogP contribution in [0, 0.1) is 5.92 Å². The zero-order valence-corrected chi connectivity index (χ0v) is 14.0. The van der Waals surface area contributed by atoms with Gasteiger partial charge in [-0.05, 0) is 37.0 Å². The van der Waals surface area contributed by atoms with Crippen LogP contribution in [0.15, 0.2) is 43.0 Å². The lowest BCUT2D eigenvalue weighted by Gasteiger charge is -2.20. The van der Waals surface area contributed by atoms with Crippen molar-refractivity contribution in [3.63, 3.8) is 0 Å². The van der Waals surface area contributed by atoms with E-state index in [1.54, 1.807) is 12.5 Å². The minimum atomic E-state index is -0.229. The number of aromatic nitrogens is 2. The minimum absolute atomic E-state index is 0.0125. The lowest BCUT2D eigenvalue weighted by Crippen LogP contribution is -2.32. The Kier molecular flexibility index (Phi) is 6.20. The molecule has 1 atom stereocenters. The highest BCUT2D eigenvalue weighted by Gasteiger charge is 2.20. The molecular weight excluding hydrogens is 290 g/mol. The van der Waals surface area contributed by atoms with Gasteiger partial charge in [-0.25, -0.2) is 4.98 Å². The molecule has 0 aliphatic heterocycles. The Morgan fingerprint density at radius 1 is 1.39 bits per heavy atom. The molecule has 1 heterocycles. The van der Waals surface area contributed by atoms with Crippen molar-refractivity contribution in [3.8, 4) is 5.75 Å². The third kappa shape index (κ3) is 5.13. The average Bonchev–Trinajstić information content (AvgIpc) is 3.05. The molecule has 2 rings (SSSR count). The summed E-state index contributed by atoms with van der Waals surface area (Å²) in [5, 5.41) is 3.02. The smallest absolute Gasteiger partial charge is 0.243 e. The Morgan fingerprint density at radius 3 is 2.87 bits per heavy atom. The fraction of sp³-hybridized carbons (Fsp3) is 0.444. The van der Waals surface area contributed by atoms with Crippen LogP contribution in [0.5, 0.6) is 5.75 Å². The summed E-state index contributed by atoms with van der Waals surface area (Å²) in [5.74, 6) is 1.26. The molecule has 1 aromatic carbocycles. The maximum atomic E-state index is 12.6. The van der Waals surface area contributed by atoms with Crippen molar-refractivity contribution >= 4 is 5.91 Å². The van der Waals surface area contributed by atoms with E-state index >= 15 is 0 Å². The Bertz CT molecular complexity index is 608. The maximum absolute atomic E-state index is 12.6. The van der Waals surface area contributed by atoms with Crippen molar-refractivity contribution in [1.29, 1.82) is 0 Å². The first-order valence-corrected chi connectivity index (χ1v) is 8.07. The molecule has 0 aliphatic carbocycles. The van der Waals surface area contributed by atoms with Crippen molar-refractivity contribution in [1.82, 2.24) is 14.9 Å². The summed E-state index contributed by atoms with van der Waals surface area (Å²) in [6, 6.07) is 7.57.